The van der Waals surface area contributed by atoms with Gasteiger partial charge in [-0.3, -0.25) is 0 Å². The maximum atomic E-state index is 12.0. The zero-order valence-corrected chi connectivity index (χ0v) is 15.7. The molecule has 0 aliphatic carbocycles. The Balaban J connectivity index is 4.74. The van der Waals surface area contributed by atoms with Crippen LogP contribution < -0.4 is 0 Å². The third kappa shape index (κ3) is 4.88. The van der Waals surface area contributed by atoms with Gasteiger partial charge >= 0.3 is 5.97 Å². The van der Waals surface area contributed by atoms with E-state index in [4.69, 9.17) is 9.16 Å². The molecule has 0 aromatic carbocycles. The molecule has 0 aromatic rings. The minimum atomic E-state index is -1.96. The molecule has 20 heavy (non-hydrogen) atoms. The van der Waals surface area contributed by atoms with Gasteiger partial charge in [0.2, 0.25) is 8.32 Å². The Morgan fingerprint density at radius 3 is 1.60 bits per heavy atom. The van der Waals surface area contributed by atoms with Crippen molar-refractivity contribution in [2.75, 3.05) is 6.61 Å². The van der Waals surface area contributed by atoms with Gasteiger partial charge in [0.25, 0.3) is 0 Å². The van der Waals surface area contributed by atoms with Gasteiger partial charge < -0.3 is 9.16 Å². The van der Waals surface area contributed by atoms with Crippen molar-refractivity contribution in [2.45, 2.75) is 91.0 Å². The molecule has 120 valence electrons. The van der Waals surface area contributed by atoms with Crippen LogP contribution in [0.1, 0.15) is 68.2 Å². The van der Waals surface area contributed by atoms with Crippen LogP contribution in [-0.4, -0.2) is 27.0 Å². The number of carbonyl (C=O) groups is 1. The van der Waals surface area contributed by atoms with Crippen molar-refractivity contribution < 1.29 is 14.0 Å². The Kier molecular flexibility index (Phi) is 8.67. The molecule has 0 rings (SSSR count). The summed E-state index contributed by atoms with van der Waals surface area (Å²) in [4.78, 5) is 12.0. The average molecular weight is 303 g/mol. The Bertz CT molecular complexity index is 262. The lowest BCUT2D eigenvalue weighted by atomic mass is 10.2. The number of hydrogen-bond acceptors (Lipinski definition) is 3. The Hall–Kier alpha value is -0.353. The summed E-state index contributed by atoms with van der Waals surface area (Å²) in [6, 6.07) is 0. The first kappa shape index (κ1) is 19.6. The summed E-state index contributed by atoms with van der Waals surface area (Å²) in [6.45, 7) is 17.5. The molecule has 0 spiro atoms. The lowest BCUT2D eigenvalue weighted by Gasteiger charge is -2.41. The average Bonchev–Trinajstić information content (AvgIpc) is 2.35. The van der Waals surface area contributed by atoms with Crippen molar-refractivity contribution in [3.8, 4) is 0 Å². The summed E-state index contributed by atoms with van der Waals surface area (Å²) in [7, 11) is -1.96. The van der Waals surface area contributed by atoms with Gasteiger partial charge in [-0.15, -0.1) is 0 Å². The fourth-order valence-corrected chi connectivity index (χ4v) is 8.73. The van der Waals surface area contributed by atoms with E-state index in [9.17, 15) is 4.79 Å². The van der Waals surface area contributed by atoms with E-state index in [2.05, 4.69) is 41.5 Å². The highest BCUT2D eigenvalue weighted by Gasteiger charge is 2.45. The summed E-state index contributed by atoms with van der Waals surface area (Å²) in [6.07, 6.45) is 1.76. The van der Waals surface area contributed by atoms with E-state index in [1.807, 2.05) is 13.8 Å². The summed E-state index contributed by atoms with van der Waals surface area (Å²) in [5.41, 5.74) is 1.47. The molecular weight excluding hydrogens is 268 g/mol. The third-order valence-corrected chi connectivity index (χ3v) is 10.4. The summed E-state index contributed by atoms with van der Waals surface area (Å²) in [5.74, 6) is -0.211. The molecule has 0 aliphatic rings. The molecule has 3 nitrogen and oxygen atoms in total. The van der Waals surface area contributed by atoms with Crippen molar-refractivity contribution in [3.05, 3.63) is 0 Å². The topological polar surface area (TPSA) is 35.5 Å². The van der Waals surface area contributed by atoms with E-state index in [-0.39, 0.29) is 18.7 Å². The smallest absolute Gasteiger partial charge is 0.331 e. The molecule has 0 fully saturated rings. The van der Waals surface area contributed by atoms with E-state index in [1.165, 1.54) is 0 Å². The lowest BCUT2D eigenvalue weighted by molar-refractivity contribution is -0.152. The van der Waals surface area contributed by atoms with Gasteiger partial charge in [0.1, 0.15) is 12.7 Å². The van der Waals surface area contributed by atoms with Crippen LogP contribution in [0.2, 0.25) is 16.6 Å². The van der Waals surface area contributed by atoms with Gasteiger partial charge in [0.05, 0.1) is 0 Å². The van der Waals surface area contributed by atoms with Crippen LogP contribution in [0.25, 0.3) is 0 Å². The molecule has 4 heteroatoms. The summed E-state index contributed by atoms with van der Waals surface area (Å²) >= 11 is 0. The van der Waals surface area contributed by atoms with E-state index in [0.29, 0.717) is 16.6 Å². The fraction of sp³-hybridized carbons (Fsp3) is 0.938. The Labute approximate surface area is 126 Å². The Morgan fingerprint density at radius 2 is 1.30 bits per heavy atom. The van der Waals surface area contributed by atoms with Crippen LogP contribution in [0.5, 0.6) is 0 Å². The molecular formula is C16H34O3Si. The molecule has 0 heterocycles. The molecule has 0 radical (unpaired) electrons. The zero-order valence-electron chi connectivity index (χ0n) is 14.7. The molecule has 0 amide bonds. The first-order chi connectivity index (χ1) is 9.22. The van der Waals surface area contributed by atoms with E-state index < -0.39 is 8.32 Å². The van der Waals surface area contributed by atoms with Gasteiger partial charge in [-0.25, -0.2) is 4.79 Å². The fourth-order valence-electron chi connectivity index (χ4n) is 3.36. The number of hydrogen-bond donors (Lipinski definition) is 0. The van der Waals surface area contributed by atoms with Gasteiger partial charge in [-0.2, -0.15) is 0 Å². The van der Waals surface area contributed by atoms with Gasteiger partial charge in [0.15, 0.2) is 0 Å². The monoisotopic (exact) mass is 302 g/mol. The summed E-state index contributed by atoms with van der Waals surface area (Å²) < 4.78 is 11.7. The van der Waals surface area contributed by atoms with Gasteiger partial charge in [-0.1, -0.05) is 55.4 Å². The van der Waals surface area contributed by atoms with Crippen molar-refractivity contribution in [1.82, 2.24) is 0 Å². The van der Waals surface area contributed by atoms with Crippen LogP contribution >= 0.6 is 0 Å². The van der Waals surface area contributed by atoms with Gasteiger partial charge in [-0.05, 0) is 29.5 Å². The van der Waals surface area contributed by atoms with Crippen molar-refractivity contribution in [1.29, 1.82) is 0 Å². The van der Waals surface area contributed by atoms with Crippen molar-refractivity contribution in [3.63, 3.8) is 0 Å². The molecule has 0 unspecified atom stereocenters. The molecule has 0 saturated heterocycles. The molecule has 0 bridgehead atoms. The number of ether oxygens (including phenoxy) is 1. The highest BCUT2D eigenvalue weighted by atomic mass is 28.4. The molecule has 0 saturated carbocycles. The predicted molar refractivity (Wildman–Crippen MR) is 87.5 cm³/mol. The standard InChI is InChI=1S/C16H34O3Si/c1-9-15(10-2)19-16(17)11-18-20(12(3)4,13(5)6)14(7)8/h12-15H,9-11H2,1-8H3. The van der Waals surface area contributed by atoms with Crippen LogP contribution in [-0.2, 0) is 14.0 Å². The highest BCUT2D eigenvalue weighted by Crippen LogP contribution is 2.42. The van der Waals surface area contributed by atoms with Crippen molar-refractivity contribution in [2.24, 2.45) is 0 Å². The van der Waals surface area contributed by atoms with E-state index >= 15 is 0 Å². The van der Waals surface area contributed by atoms with Crippen LogP contribution in [0.15, 0.2) is 0 Å². The summed E-state index contributed by atoms with van der Waals surface area (Å²) in [5, 5.41) is 0. The second-order valence-electron chi connectivity index (χ2n) is 6.53. The zero-order chi connectivity index (χ0) is 15.9. The quantitative estimate of drug-likeness (QED) is 0.448. The van der Waals surface area contributed by atoms with Crippen LogP contribution in [0.3, 0.4) is 0 Å². The normalized spacial score (nSPS) is 12.8. The SMILES string of the molecule is CCC(CC)OC(=O)CO[Si](C(C)C)(C(C)C)C(C)C. The van der Waals surface area contributed by atoms with Crippen molar-refractivity contribution >= 4 is 14.3 Å². The van der Waals surface area contributed by atoms with E-state index in [0.717, 1.165) is 12.8 Å². The maximum Gasteiger partial charge on any atom is 0.331 e. The molecule has 0 aliphatic heterocycles. The Morgan fingerprint density at radius 1 is 0.900 bits per heavy atom. The van der Waals surface area contributed by atoms with E-state index in [1.54, 1.807) is 0 Å². The first-order valence-corrected chi connectivity index (χ1v) is 10.2. The molecule has 0 aromatic heterocycles. The molecule has 0 atom stereocenters. The second kappa shape index (κ2) is 8.83. The number of rotatable bonds is 9. The predicted octanol–water partition coefficient (Wildman–Crippen LogP) is 4.91. The minimum absolute atomic E-state index is 0.0271. The third-order valence-electron chi connectivity index (χ3n) is 4.36. The highest BCUT2D eigenvalue weighted by molar-refractivity contribution is 6.77. The second-order valence-corrected chi connectivity index (χ2v) is 12.0. The molecule has 0 N–H and O–H groups in total. The lowest BCUT2D eigenvalue weighted by Crippen LogP contribution is -2.49. The first-order valence-electron chi connectivity index (χ1n) is 8.05. The minimum Gasteiger partial charge on any atom is -0.461 e. The largest absolute Gasteiger partial charge is 0.461 e. The van der Waals surface area contributed by atoms with Crippen LogP contribution in [0.4, 0.5) is 0 Å². The van der Waals surface area contributed by atoms with Crippen LogP contribution in [0, 0.1) is 0 Å². The maximum absolute atomic E-state index is 12.0. The van der Waals surface area contributed by atoms with Gasteiger partial charge in [0, 0.05) is 0 Å². The number of carbonyl (C=O) groups excluding carboxylic acids is 1. The number of esters is 1.